The second kappa shape index (κ2) is 4.62. The van der Waals surface area contributed by atoms with E-state index in [1.807, 2.05) is 11.3 Å². The van der Waals surface area contributed by atoms with Gasteiger partial charge in [0.25, 0.3) is 0 Å². The molecule has 1 N–H and O–H groups in total. The molecule has 2 heterocycles. The molecule has 1 saturated heterocycles. The summed E-state index contributed by atoms with van der Waals surface area (Å²) in [6, 6.07) is 3.88. The standard InChI is InChI=1S/C15H22N2S/c1-2-12(1)14-9-17(8-11-5-6-18-10-11)15(7-16-14)13-3-4-13/h5-6,10,12-16H,1-4,7-9H2. The Morgan fingerprint density at radius 1 is 1.22 bits per heavy atom. The van der Waals surface area contributed by atoms with Gasteiger partial charge in [0.1, 0.15) is 0 Å². The van der Waals surface area contributed by atoms with Gasteiger partial charge in [0.15, 0.2) is 0 Å². The highest BCUT2D eigenvalue weighted by atomic mass is 32.1. The zero-order valence-corrected chi connectivity index (χ0v) is 11.7. The van der Waals surface area contributed by atoms with Crippen molar-refractivity contribution in [3.05, 3.63) is 22.4 Å². The predicted molar refractivity (Wildman–Crippen MR) is 75.8 cm³/mol. The largest absolute Gasteiger partial charge is 0.311 e. The third-order valence-corrected chi connectivity index (χ3v) is 5.54. The quantitative estimate of drug-likeness (QED) is 0.897. The molecule has 0 spiro atoms. The van der Waals surface area contributed by atoms with Crippen molar-refractivity contribution >= 4 is 11.3 Å². The highest BCUT2D eigenvalue weighted by Gasteiger charge is 2.42. The van der Waals surface area contributed by atoms with Crippen molar-refractivity contribution < 1.29 is 0 Å². The van der Waals surface area contributed by atoms with Gasteiger partial charge in [0, 0.05) is 31.7 Å². The molecule has 0 radical (unpaired) electrons. The van der Waals surface area contributed by atoms with Crippen LogP contribution in [0.25, 0.3) is 0 Å². The zero-order valence-electron chi connectivity index (χ0n) is 10.8. The highest BCUT2D eigenvalue weighted by molar-refractivity contribution is 7.07. The Balaban J connectivity index is 1.46. The van der Waals surface area contributed by atoms with Gasteiger partial charge in [0.05, 0.1) is 0 Å². The Morgan fingerprint density at radius 2 is 2.06 bits per heavy atom. The van der Waals surface area contributed by atoms with Gasteiger partial charge in [-0.1, -0.05) is 0 Å². The van der Waals surface area contributed by atoms with Crippen LogP contribution in [-0.4, -0.2) is 30.1 Å². The van der Waals surface area contributed by atoms with Crippen LogP contribution in [-0.2, 0) is 6.54 Å². The fourth-order valence-corrected chi connectivity index (χ4v) is 4.07. The molecule has 1 aromatic heterocycles. The van der Waals surface area contributed by atoms with Gasteiger partial charge in [0.2, 0.25) is 0 Å². The molecule has 2 saturated carbocycles. The van der Waals surface area contributed by atoms with Crippen molar-refractivity contribution in [2.45, 2.75) is 44.3 Å². The number of piperazine rings is 1. The first-order chi connectivity index (χ1) is 8.90. The summed E-state index contributed by atoms with van der Waals surface area (Å²) in [7, 11) is 0. The molecule has 3 heteroatoms. The summed E-state index contributed by atoms with van der Waals surface area (Å²) in [5.41, 5.74) is 1.52. The van der Waals surface area contributed by atoms with Crippen molar-refractivity contribution in [2.75, 3.05) is 13.1 Å². The minimum Gasteiger partial charge on any atom is -0.311 e. The fraction of sp³-hybridized carbons (Fsp3) is 0.733. The van der Waals surface area contributed by atoms with Crippen molar-refractivity contribution in [3.8, 4) is 0 Å². The van der Waals surface area contributed by atoms with Crippen molar-refractivity contribution in [2.24, 2.45) is 11.8 Å². The third kappa shape index (κ3) is 2.36. The van der Waals surface area contributed by atoms with E-state index in [9.17, 15) is 0 Å². The molecule has 2 unspecified atom stereocenters. The molecule has 0 amide bonds. The van der Waals surface area contributed by atoms with E-state index in [1.165, 1.54) is 50.9 Å². The summed E-state index contributed by atoms with van der Waals surface area (Å²) in [5, 5.41) is 8.35. The summed E-state index contributed by atoms with van der Waals surface area (Å²) in [5.74, 6) is 1.96. The minimum atomic E-state index is 0.777. The van der Waals surface area contributed by atoms with E-state index in [0.717, 1.165) is 23.9 Å². The summed E-state index contributed by atoms with van der Waals surface area (Å²) in [6.07, 6.45) is 5.83. The molecule has 2 aliphatic carbocycles. The molecule has 1 aromatic rings. The Morgan fingerprint density at radius 3 is 2.72 bits per heavy atom. The maximum absolute atomic E-state index is 3.82. The van der Waals surface area contributed by atoms with Gasteiger partial charge >= 0.3 is 0 Å². The molecule has 0 bridgehead atoms. The summed E-state index contributed by atoms with van der Waals surface area (Å²) in [6.45, 7) is 3.69. The molecule has 0 aromatic carbocycles. The van der Waals surface area contributed by atoms with Crippen LogP contribution in [0.1, 0.15) is 31.2 Å². The lowest BCUT2D eigenvalue weighted by Crippen LogP contribution is -2.57. The second-order valence-corrected chi connectivity index (χ2v) is 7.10. The molecule has 3 aliphatic rings. The average Bonchev–Trinajstić information content (AvgIpc) is 3.29. The van der Waals surface area contributed by atoms with E-state index >= 15 is 0 Å². The molecule has 3 fully saturated rings. The molecule has 2 atom stereocenters. The third-order valence-electron chi connectivity index (χ3n) is 4.81. The van der Waals surface area contributed by atoms with Crippen molar-refractivity contribution in [3.63, 3.8) is 0 Å². The summed E-state index contributed by atoms with van der Waals surface area (Å²) < 4.78 is 0. The summed E-state index contributed by atoms with van der Waals surface area (Å²) >= 11 is 1.83. The lowest BCUT2D eigenvalue weighted by molar-refractivity contribution is 0.100. The lowest BCUT2D eigenvalue weighted by atomic mass is 10.0. The Kier molecular flexibility index (Phi) is 2.94. The van der Waals surface area contributed by atoms with E-state index in [2.05, 4.69) is 27.0 Å². The molecule has 4 rings (SSSR count). The lowest BCUT2D eigenvalue weighted by Gasteiger charge is -2.41. The normalized spacial score (nSPS) is 33.8. The van der Waals surface area contributed by atoms with Gasteiger partial charge in [-0.15, -0.1) is 0 Å². The first-order valence-corrected chi connectivity index (χ1v) is 8.33. The molecule has 2 nitrogen and oxygen atoms in total. The summed E-state index contributed by atoms with van der Waals surface area (Å²) in [4.78, 5) is 2.78. The SMILES string of the molecule is c1cc(CN2CC(C3CC3)NCC2C2CC2)cs1. The van der Waals surface area contributed by atoms with E-state index in [0.29, 0.717) is 0 Å². The number of nitrogens with one attached hydrogen (secondary N) is 1. The van der Waals surface area contributed by atoms with Crippen LogP contribution in [0, 0.1) is 11.8 Å². The fourth-order valence-electron chi connectivity index (χ4n) is 3.41. The first-order valence-electron chi connectivity index (χ1n) is 7.38. The molecular formula is C15H22N2S. The first kappa shape index (κ1) is 11.4. The second-order valence-electron chi connectivity index (χ2n) is 6.32. The number of nitrogens with zero attached hydrogens (tertiary/aromatic N) is 1. The Labute approximate surface area is 113 Å². The minimum absolute atomic E-state index is 0.777. The Bertz CT molecular complexity index is 395. The molecule has 18 heavy (non-hydrogen) atoms. The van der Waals surface area contributed by atoms with E-state index < -0.39 is 0 Å². The molecule has 98 valence electrons. The van der Waals surface area contributed by atoms with Gasteiger partial charge in [-0.05, 0) is 59.9 Å². The monoisotopic (exact) mass is 262 g/mol. The van der Waals surface area contributed by atoms with Gasteiger partial charge in [-0.2, -0.15) is 11.3 Å². The average molecular weight is 262 g/mol. The molecular weight excluding hydrogens is 240 g/mol. The van der Waals surface area contributed by atoms with Gasteiger partial charge in [-0.3, -0.25) is 4.90 Å². The van der Waals surface area contributed by atoms with Gasteiger partial charge < -0.3 is 5.32 Å². The van der Waals surface area contributed by atoms with Crippen molar-refractivity contribution in [1.82, 2.24) is 10.2 Å². The number of thiophene rings is 1. The number of hydrogen-bond acceptors (Lipinski definition) is 3. The van der Waals surface area contributed by atoms with Crippen LogP contribution < -0.4 is 5.32 Å². The smallest absolute Gasteiger partial charge is 0.0253 e. The highest BCUT2D eigenvalue weighted by Crippen LogP contribution is 2.40. The zero-order chi connectivity index (χ0) is 11.9. The maximum atomic E-state index is 3.82. The van der Waals surface area contributed by atoms with Crippen LogP contribution in [0.4, 0.5) is 0 Å². The van der Waals surface area contributed by atoms with E-state index in [1.54, 1.807) is 0 Å². The van der Waals surface area contributed by atoms with Gasteiger partial charge in [-0.25, -0.2) is 0 Å². The predicted octanol–water partition coefficient (Wildman–Crippen LogP) is 2.71. The van der Waals surface area contributed by atoms with Crippen molar-refractivity contribution in [1.29, 1.82) is 0 Å². The van der Waals surface area contributed by atoms with Crippen LogP contribution in [0.2, 0.25) is 0 Å². The molecule has 1 aliphatic heterocycles. The van der Waals surface area contributed by atoms with E-state index in [4.69, 9.17) is 0 Å². The van der Waals surface area contributed by atoms with Crippen LogP contribution in [0.15, 0.2) is 16.8 Å². The van der Waals surface area contributed by atoms with Crippen LogP contribution in [0.5, 0.6) is 0 Å². The Hall–Kier alpha value is -0.380. The van der Waals surface area contributed by atoms with E-state index in [-0.39, 0.29) is 0 Å². The van der Waals surface area contributed by atoms with Crippen LogP contribution in [0.3, 0.4) is 0 Å². The number of hydrogen-bond donors (Lipinski definition) is 1. The van der Waals surface area contributed by atoms with Crippen LogP contribution >= 0.6 is 11.3 Å². The maximum Gasteiger partial charge on any atom is 0.0253 e. The number of rotatable bonds is 4. The topological polar surface area (TPSA) is 15.3 Å².